The van der Waals surface area contributed by atoms with Crippen LogP contribution in [0.15, 0.2) is 12.2 Å². The Labute approximate surface area is 64.1 Å². The molecule has 0 radical (unpaired) electrons. The smallest absolute Gasteiger partial charge is 0.155 e. The van der Waals surface area contributed by atoms with Crippen LogP contribution in [0.3, 0.4) is 0 Å². The molecule has 0 aromatic carbocycles. The third-order valence-corrected chi connectivity index (χ3v) is 1.55. The molecule has 0 aliphatic heterocycles. The van der Waals surface area contributed by atoms with E-state index in [9.17, 15) is 0 Å². The van der Waals surface area contributed by atoms with E-state index < -0.39 is 0 Å². The lowest BCUT2D eigenvalue weighted by Gasteiger charge is -1.99. The predicted octanol–water partition coefficient (Wildman–Crippen LogP) is 2.08. The van der Waals surface area contributed by atoms with Crippen molar-refractivity contribution >= 4 is 5.71 Å². The first-order valence-corrected chi connectivity index (χ1v) is 3.74. The lowest BCUT2D eigenvalue weighted by molar-refractivity contribution is -0.466. The van der Waals surface area contributed by atoms with Crippen molar-refractivity contribution in [2.45, 2.75) is 26.7 Å². The molecule has 0 saturated heterocycles. The van der Waals surface area contributed by atoms with Crippen LogP contribution in [0, 0.1) is 0 Å². The van der Waals surface area contributed by atoms with Crippen LogP contribution in [0.4, 0.5) is 0 Å². The molecule has 1 heteroatoms. The summed E-state index contributed by atoms with van der Waals surface area (Å²) >= 11 is 0. The molecule has 0 aliphatic rings. The number of allylic oxidation sites excluding steroid dienone is 1. The Balaban J connectivity index is 4.11. The molecular formula is C9H18N+. The Kier molecular flexibility index (Phi) is 4.01. The standard InChI is InChI=1S/C9H18N/c1-6-9(10(4)5)7-8(2)3/h2,6-7H2,1,3-5H3/q+1. The highest BCUT2D eigenvalue weighted by Gasteiger charge is 2.03. The van der Waals surface area contributed by atoms with E-state index in [-0.39, 0.29) is 0 Å². The Morgan fingerprint density at radius 1 is 1.40 bits per heavy atom. The van der Waals surface area contributed by atoms with Crippen molar-refractivity contribution in [3.63, 3.8) is 0 Å². The summed E-state index contributed by atoms with van der Waals surface area (Å²) in [6.45, 7) is 8.13. The summed E-state index contributed by atoms with van der Waals surface area (Å²) in [7, 11) is 4.17. The first kappa shape index (κ1) is 9.41. The molecular weight excluding hydrogens is 122 g/mol. The maximum atomic E-state index is 3.88. The Morgan fingerprint density at radius 3 is 2.00 bits per heavy atom. The van der Waals surface area contributed by atoms with E-state index in [0.29, 0.717) is 0 Å². The largest absolute Gasteiger partial charge is 0.242 e. The van der Waals surface area contributed by atoms with Gasteiger partial charge in [-0.15, -0.1) is 0 Å². The van der Waals surface area contributed by atoms with Crippen molar-refractivity contribution in [1.29, 1.82) is 0 Å². The van der Waals surface area contributed by atoms with Crippen LogP contribution in [0.5, 0.6) is 0 Å². The van der Waals surface area contributed by atoms with E-state index in [2.05, 4.69) is 39.1 Å². The molecule has 10 heavy (non-hydrogen) atoms. The molecule has 0 N–H and O–H groups in total. The molecule has 1 nitrogen and oxygen atoms in total. The fraction of sp³-hybridized carbons (Fsp3) is 0.667. The molecule has 0 saturated carbocycles. The van der Waals surface area contributed by atoms with Gasteiger partial charge >= 0.3 is 0 Å². The Bertz CT molecular complexity index is 150. The van der Waals surface area contributed by atoms with E-state index in [1.165, 1.54) is 11.3 Å². The van der Waals surface area contributed by atoms with Crippen molar-refractivity contribution in [2.75, 3.05) is 14.1 Å². The second-order valence-electron chi connectivity index (χ2n) is 2.95. The van der Waals surface area contributed by atoms with Gasteiger partial charge in [-0.3, -0.25) is 0 Å². The topological polar surface area (TPSA) is 3.01 Å². The fourth-order valence-corrected chi connectivity index (χ4v) is 0.948. The van der Waals surface area contributed by atoms with Gasteiger partial charge in [-0.1, -0.05) is 19.1 Å². The molecule has 0 amide bonds. The fourth-order valence-electron chi connectivity index (χ4n) is 0.948. The average Bonchev–Trinajstić information content (AvgIpc) is 1.81. The molecule has 0 unspecified atom stereocenters. The molecule has 0 heterocycles. The van der Waals surface area contributed by atoms with Gasteiger partial charge in [0.15, 0.2) is 5.71 Å². The van der Waals surface area contributed by atoms with Gasteiger partial charge in [0.2, 0.25) is 0 Å². The number of hydrogen-bond donors (Lipinski definition) is 0. The molecule has 58 valence electrons. The summed E-state index contributed by atoms with van der Waals surface area (Å²) in [4.78, 5) is 0. The third kappa shape index (κ3) is 3.44. The van der Waals surface area contributed by atoms with Gasteiger partial charge in [0, 0.05) is 12.8 Å². The number of nitrogens with zero attached hydrogens (tertiary/aromatic N) is 1. The van der Waals surface area contributed by atoms with Gasteiger partial charge < -0.3 is 0 Å². The molecule has 0 rings (SSSR count). The van der Waals surface area contributed by atoms with E-state index in [1.807, 2.05) is 0 Å². The van der Waals surface area contributed by atoms with Gasteiger partial charge in [0.25, 0.3) is 0 Å². The Morgan fingerprint density at radius 2 is 1.90 bits per heavy atom. The van der Waals surface area contributed by atoms with Gasteiger partial charge in [-0.05, 0) is 6.92 Å². The van der Waals surface area contributed by atoms with Crippen LogP contribution in [-0.4, -0.2) is 24.4 Å². The number of rotatable bonds is 3. The van der Waals surface area contributed by atoms with Crippen LogP contribution in [0.2, 0.25) is 0 Å². The molecule has 0 spiro atoms. The molecule has 0 bridgehead atoms. The van der Waals surface area contributed by atoms with Crippen LogP contribution < -0.4 is 0 Å². The van der Waals surface area contributed by atoms with E-state index in [4.69, 9.17) is 0 Å². The average molecular weight is 140 g/mol. The van der Waals surface area contributed by atoms with Gasteiger partial charge in [-0.25, -0.2) is 4.58 Å². The molecule has 0 aliphatic carbocycles. The minimum atomic E-state index is 1.05. The molecule has 0 aromatic rings. The minimum absolute atomic E-state index is 1.05. The normalized spacial score (nSPS) is 9.20. The highest BCUT2D eigenvalue weighted by molar-refractivity contribution is 5.81. The minimum Gasteiger partial charge on any atom is -0.242 e. The predicted molar refractivity (Wildman–Crippen MR) is 46.8 cm³/mol. The second-order valence-corrected chi connectivity index (χ2v) is 2.95. The third-order valence-electron chi connectivity index (χ3n) is 1.55. The van der Waals surface area contributed by atoms with Gasteiger partial charge in [0.05, 0.1) is 0 Å². The van der Waals surface area contributed by atoms with Crippen LogP contribution >= 0.6 is 0 Å². The first-order chi connectivity index (χ1) is 4.57. The summed E-state index contributed by atoms with van der Waals surface area (Å²) in [5, 5.41) is 0. The van der Waals surface area contributed by atoms with Crippen LogP contribution in [-0.2, 0) is 0 Å². The van der Waals surface area contributed by atoms with Crippen molar-refractivity contribution in [2.24, 2.45) is 0 Å². The molecule has 0 atom stereocenters. The Hall–Kier alpha value is -0.590. The molecule has 0 fully saturated rings. The zero-order valence-corrected chi connectivity index (χ0v) is 7.57. The quantitative estimate of drug-likeness (QED) is 0.321. The second kappa shape index (κ2) is 4.26. The van der Waals surface area contributed by atoms with Crippen LogP contribution in [0.25, 0.3) is 0 Å². The summed E-state index contributed by atoms with van der Waals surface area (Å²) in [5.41, 5.74) is 2.69. The highest BCUT2D eigenvalue weighted by Crippen LogP contribution is 2.00. The zero-order valence-electron chi connectivity index (χ0n) is 7.57. The monoisotopic (exact) mass is 140 g/mol. The summed E-state index contributed by atoms with van der Waals surface area (Å²) in [5.74, 6) is 0. The van der Waals surface area contributed by atoms with Gasteiger partial charge in [0.1, 0.15) is 14.1 Å². The van der Waals surface area contributed by atoms with Crippen molar-refractivity contribution < 1.29 is 4.58 Å². The molecule has 0 aromatic heterocycles. The number of hydrogen-bond acceptors (Lipinski definition) is 0. The maximum absolute atomic E-state index is 3.88. The summed E-state index contributed by atoms with van der Waals surface area (Å²) < 4.78 is 2.18. The van der Waals surface area contributed by atoms with Crippen molar-refractivity contribution in [3.8, 4) is 0 Å². The zero-order chi connectivity index (χ0) is 8.15. The summed E-state index contributed by atoms with van der Waals surface area (Å²) in [6, 6.07) is 0. The summed E-state index contributed by atoms with van der Waals surface area (Å²) in [6.07, 6.45) is 2.17. The van der Waals surface area contributed by atoms with E-state index in [0.717, 1.165) is 12.8 Å². The first-order valence-electron chi connectivity index (χ1n) is 3.74. The van der Waals surface area contributed by atoms with Crippen molar-refractivity contribution in [3.05, 3.63) is 12.2 Å². The van der Waals surface area contributed by atoms with E-state index in [1.54, 1.807) is 0 Å². The highest BCUT2D eigenvalue weighted by atomic mass is 14.9. The van der Waals surface area contributed by atoms with Crippen LogP contribution in [0.1, 0.15) is 26.7 Å². The SMILES string of the molecule is C=C(C)CC(CC)=[N+](C)C. The maximum Gasteiger partial charge on any atom is 0.155 e. The van der Waals surface area contributed by atoms with Gasteiger partial charge in [-0.2, -0.15) is 0 Å². The van der Waals surface area contributed by atoms with Crippen molar-refractivity contribution in [1.82, 2.24) is 0 Å². The lowest BCUT2D eigenvalue weighted by Crippen LogP contribution is -2.12. The van der Waals surface area contributed by atoms with E-state index >= 15 is 0 Å². The lowest BCUT2D eigenvalue weighted by atomic mass is 10.1.